The fraction of sp³-hybridized carbons (Fsp3) is 0.0423. The second kappa shape index (κ2) is 15.9. The summed E-state index contributed by atoms with van der Waals surface area (Å²) >= 11 is 0. The van der Waals surface area contributed by atoms with Gasteiger partial charge in [0.2, 0.25) is 0 Å². The summed E-state index contributed by atoms with van der Waals surface area (Å²) in [5.41, 5.74) is 19.2. The van der Waals surface area contributed by atoms with Crippen molar-refractivity contribution in [2.24, 2.45) is 0 Å². The van der Waals surface area contributed by atoms with Crippen LogP contribution in [0.15, 0.2) is 255 Å². The van der Waals surface area contributed by atoms with E-state index in [9.17, 15) is 0 Å². The number of benzene rings is 12. The average Bonchev–Trinajstić information content (AvgIpc) is 4.09. The van der Waals surface area contributed by atoms with Gasteiger partial charge in [0, 0.05) is 38.7 Å². The van der Waals surface area contributed by atoms with Gasteiger partial charge in [0.05, 0.1) is 22.4 Å². The maximum absolute atomic E-state index is 2.55. The third-order valence-electron chi connectivity index (χ3n) is 15.9. The minimum absolute atomic E-state index is 0.443. The van der Waals surface area contributed by atoms with E-state index in [1.54, 1.807) is 0 Å². The van der Waals surface area contributed by atoms with Crippen molar-refractivity contribution in [2.45, 2.75) is 19.3 Å². The Morgan fingerprint density at radius 3 is 0.959 bits per heavy atom. The van der Waals surface area contributed by atoms with Crippen LogP contribution < -0.4 is 0 Å². The van der Waals surface area contributed by atoms with Crippen LogP contribution in [-0.2, 0) is 5.41 Å². The molecule has 0 atom stereocenters. The molecule has 2 heteroatoms. The van der Waals surface area contributed by atoms with Crippen LogP contribution >= 0.6 is 0 Å². The summed E-state index contributed by atoms with van der Waals surface area (Å²) in [6, 6.07) is 94.8. The summed E-state index contributed by atoms with van der Waals surface area (Å²) in [4.78, 5) is 0. The highest BCUT2D eigenvalue weighted by atomic mass is 15.0. The second-order valence-electron chi connectivity index (χ2n) is 20.4. The van der Waals surface area contributed by atoms with Gasteiger partial charge in [-0.2, -0.15) is 0 Å². The SMILES string of the molecule is CC1(C)c2c(ccc3c2c(-c2ccccc2)c(-c2ccccc2)n3-c2ccc3cc4ccccc4cc3c2)-c2ccc3c(c(-c4ccccc4)c(-c4ccccc4)n3-c3ccc4cc5ccccc5cc4c3)c21. The number of rotatable bonds is 6. The van der Waals surface area contributed by atoms with Crippen molar-refractivity contribution in [1.82, 2.24) is 9.13 Å². The summed E-state index contributed by atoms with van der Waals surface area (Å²) in [5.74, 6) is 0. The van der Waals surface area contributed by atoms with E-state index in [0.29, 0.717) is 0 Å². The molecule has 14 aromatic rings. The first-order valence-electron chi connectivity index (χ1n) is 25.5. The van der Waals surface area contributed by atoms with E-state index in [-0.39, 0.29) is 0 Å². The zero-order valence-electron chi connectivity index (χ0n) is 40.6. The van der Waals surface area contributed by atoms with Gasteiger partial charge in [-0.05, 0) is 148 Å². The van der Waals surface area contributed by atoms with Crippen molar-refractivity contribution in [3.8, 4) is 67.3 Å². The zero-order chi connectivity index (χ0) is 48.4. The molecule has 0 N–H and O–H groups in total. The number of aromatic nitrogens is 2. The van der Waals surface area contributed by atoms with Crippen LogP contribution in [0.3, 0.4) is 0 Å². The molecule has 0 radical (unpaired) electrons. The van der Waals surface area contributed by atoms with Gasteiger partial charge < -0.3 is 9.13 Å². The lowest BCUT2D eigenvalue weighted by Crippen LogP contribution is -2.16. The molecule has 0 unspecified atom stereocenters. The Hall–Kier alpha value is -9.24. The maximum Gasteiger partial charge on any atom is 0.0619 e. The van der Waals surface area contributed by atoms with Gasteiger partial charge in [-0.15, -0.1) is 0 Å². The number of hydrogen-bond acceptors (Lipinski definition) is 0. The van der Waals surface area contributed by atoms with Crippen LogP contribution in [0.4, 0.5) is 0 Å². The molecular weight excluding hydrogens is 881 g/mol. The molecule has 0 saturated carbocycles. The van der Waals surface area contributed by atoms with E-state index in [2.05, 4.69) is 278 Å². The van der Waals surface area contributed by atoms with Crippen molar-refractivity contribution < 1.29 is 0 Å². The van der Waals surface area contributed by atoms with E-state index < -0.39 is 5.41 Å². The predicted octanol–water partition coefficient (Wildman–Crippen LogP) is 19.2. The summed E-state index contributed by atoms with van der Waals surface area (Å²) in [6.07, 6.45) is 0. The number of hydrogen-bond donors (Lipinski definition) is 0. The Bertz CT molecular complexity index is 4250. The fourth-order valence-electron chi connectivity index (χ4n) is 12.8. The van der Waals surface area contributed by atoms with Crippen LogP contribution in [0.5, 0.6) is 0 Å². The van der Waals surface area contributed by atoms with Gasteiger partial charge in [-0.1, -0.05) is 208 Å². The number of nitrogens with zero attached hydrogens (tertiary/aromatic N) is 2. The monoisotopic (exact) mass is 928 g/mol. The molecule has 342 valence electrons. The molecule has 0 bridgehead atoms. The summed E-state index contributed by atoms with van der Waals surface area (Å²) in [7, 11) is 0. The zero-order valence-corrected chi connectivity index (χ0v) is 40.6. The molecular formula is C71H48N2. The minimum Gasteiger partial charge on any atom is -0.309 e. The van der Waals surface area contributed by atoms with E-state index in [1.807, 2.05) is 0 Å². The van der Waals surface area contributed by atoms with E-state index in [1.165, 1.54) is 132 Å². The molecule has 15 rings (SSSR count). The van der Waals surface area contributed by atoms with Crippen LogP contribution in [-0.4, -0.2) is 9.13 Å². The summed E-state index contributed by atoms with van der Waals surface area (Å²) < 4.78 is 5.11. The third-order valence-corrected chi connectivity index (χ3v) is 15.9. The average molecular weight is 929 g/mol. The molecule has 2 nitrogen and oxygen atoms in total. The largest absolute Gasteiger partial charge is 0.309 e. The van der Waals surface area contributed by atoms with E-state index in [4.69, 9.17) is 0 Å². The Morgan fingerprint density at radius 1 is 0.274 bits per heavy atom. The fourth-order valence-corrected chi connectivity index (χ4v) is 12.8. The molecule has 2 heterocycles. The topological polar surface area (TPSA) is 9.86 Å². The first-order valence-corrected chi connectivity index (χ1v) is 25.5. The molecule has 0 spiro atoms. The standard InChI is InChI=1S/C71H48N2/c1-71(2)67-59(35-37-61-65(67)63(45-19-7-3-8-20-45)69(47-23-11-5-12-24-47)72(61)57-33-31-53-39-49-27-15-17-29-51(49)41-55(53)43-57)60-36-38-62-66(68(60)71)64(46-21-9-4-10-22-46)70(48-25-13-6-14-26-48)73(62)58-34-32-54-40-50-28-16-18-30-52(50)42-56(54)44-58/h3-44H,1-2H3. The highest BCUT2D eigenvalue weighted by Crippen LogP contribution is 2.59. The molecule has 0 saturated heterocycles. The lowest BCUT2D eigenvalue weighted by molar-refractivity contribution is 0.672. The maximum atomic E-state index is 2.55. The van der Waals surface area contributed by atoms with Crippen molar-refractivity contribution in [3.63, 3.8) is 0 Å². The Balaban J connectivity index is 1.06. The molecule has 2 aromatic heterocycles. The Kier molecular flexibility index (Phi) is 9.04. The molecule has 0 aliphatic heterocycles. The predicted molar refractivity (Wildman–Crippen MR) is 309 cm³/mol. The first kappa shape index (κ1) is 41.5. The van der Waals surface area contributed by atoms with Crippen molar-refractivity contribution in [3.05, 3.63) is 266 Å². The quantitative estimate of drug-likeness (QED) is 0.147. The van der Waals surface area contributed by atoms with Gasteiger partial charge >= 0.3 is 0 Å². The number of fused-ring (bicyclic) bond motifs is 11. The van der Waals surface area contributed by atoms with Crippen LogP contribution in [0.2, 0.25) is 0 Å². The molecule has 1 aliphatic carbocycles. The van der Waals surface area contributed by atoms with Gasteiger partial charge in [-0.25, -0.2) is 0 Å². The third kappa shape index (κ3) is 6.24. The van der Waals surface area contributed by atoms with Gasteiger partial charge in [0.25, 0.3) is 0 Å². The van der Waals surface area contributed by atoms with Crippen molar-refractivity contribution >= 4 is 64.9 Å². The normalized spacial score (nSPS) is 12.9. The van der Waals surface area contributed by atoms with Gasteiger partial charge in [0.15, 0.2) is 0 Å². The smallest absolute Gasteiger partial charge is 0.0619 e. The highest BCUT2D eigenvalue weighted by Gasteiger charge is 2.42. The van der Waals surface area contributed by atoms with Crippen LogP contribution in [0.1, 0.15) is 25.0 Å². The van der Waals surface area contributed by atoms with Crippen LogP contribution in [0, 0.1) is 0 Å². The minimum atomic E-state index is -0.443. The molecule has 12 aromatic carbocycles. The molecule has 1 aliphatic rings. The first-order chi connectivity index (χ1) is 36.0. The Labute approximate surface area is 424 Å². The molecule has 0 amide bonds. The van der Waals surface area contributed by atoms with Gasteiger partial charge in [0.1, 0.15) is 0 Å². The highest BCUT2D eigenvalue weighted by molar-refractivity contribution is 6.16. The second-order valence-corrected chi connectivity index (χ2v) is 20.4. The molecule has 73 heavy (non-hydrogen) atoms. The summed E-state index contributed by atoms with van der Waals surface area (Å²) in [5, 5.41) is 12.5. The lowest BCUT2D eigenvalue weighted by Gasteiger charge is -2.25. The van der Waals surface area contributed by atoms with Gasteiger partial charge in [-0.3, -0.25) is 0 Å². The van der Waals surface area contributed by atoms with Crippen molar-refractivity contribution in [1.29, 1.82) is 0 Å². The lowest BCUT2D eigenvalue weighted by atomic mass is 9.77. The molecule has 0 fully saturated rings. The van der Waals surface area contributed by atoms with E-state index in [0.717, 1.165) is 11.4 Å². The van der Waals surface area contributed by atoms with Crippen LogP contribution in [0.25, 0.3) is 132 Å². The van der Waals surface area contributed by atoms with Crippen molar-refractivity contribution in [2.75, 3.05) is 0 Å². The van der Waals surface area contributed by atoms with E-state index >= 15 is 0 Å². The summed E-state index contributed by atoms with van der Waals surface area (Å²) in [6.45, 7) is 4.98. The Morgan fingerprint density at radius 2 is 0.589 bits per heavy atom.